The van der Waals surface area contributed by atoms with Gasteiger partial charge in [0, 0.05) is 36.6 Å². The Morgan fingerprint density at radius 3 is 2.36 bits per heavy atom. The molecule has 1 amide bonds. The fraction of sp³-hybridized carbons (Fsp3) is 0.235. The molecule has 0 unspecified atom stereocenters. The molecule has 0 bridgehead atoms. The number of halogens is 2. The molecule has 0 radical (unpaired) electrons. The fourth-order valence-electron chi connectivity index (χ4n) is 2.15. The van der Waals surface area contributed by atoms with Crippen LogP contribution in [-0.2, 0) is 21.4 Å². The van der Waals surface area contributed by atoms with E-state index in [2.05, 4.69) is 4.72 Å². The maximum atomic E-state index is 12.2. The van der Waals surface area contributed by atoms with Gasteiger partial charge < -0.3 is 4.90 Å². The van der Waals surface area contributed by atoms with Crippen molar-refractivity contribution in [3.63, 3.8) is 0 Å². The van der Waals surface area contributed by atoms with E-state index in [4.69, 9.17) is 23.2 Å². The minimum atomic E-state index is -3.66. The van der Waals surface area contributed by atoms with Crippen LogP contribution in [0.4, 0.5) is 0 Å². The zero-order valence-electron chi connectivity index (χ0n) is 13.6. The van der Waals surface area contributed by atoms with Gasteiger partial charge in [0.2, 0.25) is 15.9 Å². The molecule has 5 nitrogen and oxygen atoms in total. The summed E-state index contributed by atoms with van der Waals surface area (Å²) in [5.74, 6) is -0.182. The van der Waals surface area contributed by atoms with Crippen LogP contribution in [0.15, 0.2) is 53.4 Å². The second-order valence-corrected chi connectivity index (χ2v) is 8.05. The predicted molar refractivity (Wildman–Crippen MR) is 99.2 cm³/mol. The molecule has 0 aliphatic carbocycles. The first-order chi connectivity index (χ1) is 11.8. The molecule has 2 rings (SSSR count). The average molecular weight is 401 g/mol. The molecule has 0 aliphatic heterocycles. The van der Waals surface area contributed by atoms with Gasteiger partial charge in [-0.05, 0) is 35.9 Å². The predicted octanol–water partition coefficient (Wildman–Crippen LogP) is 3.32. The summed E-state index contributed by atoms with van der Waals surface area (Å²) in [5, 5.41) is 1.04. The molecule has 0 aliphatic rings. The van der Waals surface area contributed by atoms with Gasteiger partial charge in [-0.15, -0.1) is 0 Å². The normalized spacial score (nSPS) is 11.3. The van der Waals surface area contributed by atoms with Crippen LogP contribution < -0.4 is 4.72 Å². The summed E-state index contributed by atoms with van der Waals surface area (Å²) < 4.78 is 26.7. The van der Waals surface area contributed by atoms with Crippen LogP contribution in [0.2, 0.25) is 10.0 Å². The first-order valence-electron chi connectivity index (χ1n) is 7.52. The van der Waals surface area contributed by atoms with Gasteiger partial charge in [0.1, 0.15) is 0 Å². The number of sulfonamides is 1. The van der Waals surface area contributed by atoms with Gasteiger partial charge in [0.05, 0.1) is 4.90 Å². The molecule has 0 fully saturated rings. The first-order valence-corrected chi connectivity index (χ1v) is 9.76. The van der Waals surface area contributed by atoms with Gasteiger partial charge in [-0.3, -0.25) is 4.79 Å². The van der Waals surface area contributed by atoms with E-state index >= 15 is 0 Å². The number of nitrogens with zero attached hydrogens (tertiary/aromatic N) is 1. The van der Waals surface area contributed by atoms with Crippen molar-refractivity contribution in [2.24, 2.45) is 0 Å². The van der Waals surface area contributed by atoms with Gasteiger partial charge in [-0.1, -0.05) is 41.4 Å². The summed E-state index contributed by atoms with van der Waals surface area (Å²) in [6.45, 7) is 0.374. The Hall–Kier alpha value is -1.60. The number of hydrogen-bond donors (Lipinski definition) is 1. The number of rotatable bonds is 7. The Balaban J connectivity index is 1.87. The molecule has 2 aromatic rings. The molecule has 0 spiro atoms. The van der Waals surface area contributed by atoms with E-state index in [0.29, 0.717) is 16.6 Å². The van der Waals surface area contributed by atoms with Gasteiger partial charge >= 0.3 is 0 Å². The molecular formula is C17H18Cl2N2O3S. The summed E-state index contributed by atoms with van der Waals surface area (Å²) >= 11 is 11.8. The number of amides is 1. The second kappa shape index (κ2) is 8.67. The molecule has 8 heteroatoms. The van der Waals surface area contributed by atoms with Crippen molar-refractivity contribution < 1.29 is 13.2 Å². The van der Waals surface area contributed by atoms with E-state index in [1.165, 1.54) is 29.2 Å². The Labute approximate surface area is 157 Å². The smallest absolute Gasteiger partial charge is 0.240 e. The van der Waals surface area contributed by atoms with Crippen LogP contribution in [0.5, 0.6) is 0 Å². The summed E-state index contributed by atoms with van der Waals surface area (Å²) in [6.07, 6.45) is 0.0494. The molecule has 0 heterocycles. The molecule has 0 atom stereocenters. The highest BCUT2D eigenvalue weighted by Crippen LogP contribution is 2.17. The van der Waals surface area contributed by atoms with Crippen LogP contribution in [0, 0.1) is 0 Å². The Kier molecular flexibility index (Phi) is 6.84. The molecular weight excluding hydrogens is 383 g/mol. The van der Waals surface area contributed by atoms with Gasteiger partial charge in [0.15, 0.2) is 0 Å². The van der Waals surface area contributed by atoms with Crippen LogP contribution in [0.3, 0.4) is 0 Å². The summed E-state index contributed by atoms with van der Waals surface area (Å²) in [7, 11) is -2.01. The molecule has 1 N–H and O–H groups in total. The monoisotopic (exact) mass is 400 g/mol. The third-order valence-corrected chi connectivity index (χ3v) is 5.64. The zero-order valence-corrected chi connectivity index (χ0v) is 15.9. The highest BCUT2D eigenvalue weighted by Gasteiger charge is 2.16. The summed E-state index contributed by atoms with van der Waals surface area (Å²) in [4.78, 5) is 13.8. The number of carbonyl (C=O) groups excluding carboxylic acids is 1. The summed E-state index contributed by atoms with van der Waals surface area (Å²) in [5.41, 5.74) is 0.835. The van der Waals surface area contributed by atoms with E-state index in [0.717, 1.165) is 5.56 Å². The summed E-state index contributed by atoms with van der Waals surface area (Å²) in [6, 6.07) is 13.1. The quantitative estimate of drug-likeness (QED) is 0.774. The lowest BCUT2D eigenvalue weighted by Gasteiger charge is -2.18. The molecule has 0 saturated carbocycles. The molecule has 2 aromatic carbocycles. The topological polar surface area (TPSA) is 66.5 Å². The zero-order chi connectivity index (χ0) is 18.4. The van der Waals surface area contributed by atoms with Crippen LogP contribution >= 0.6 is 23.2 Å². The molecule has 25 heavy (non-hydrogen) atoms. The standard InChI is InChI=1S/C17H18Cl2N2O3S/c1-21(12-13-4-2-3-5-16(13)19)17(22)10-11-20-25(23,24)15-8-6-14(18)7-9-15/h2-9,20H,10-12H2,1H3. The van der Waals surface area contributed by atoms with Crippen LogP contribution in [0.25, 0.3) is 0 Å². The highest BCUT2D eigenvalue weighted by atomic mass is 35.5. The van der Waals surface area contributed by atoms with E-state index in [-0.39, 0.29) is 23.8 Å². The maximum Gasteiger partial charge on any atom is 0.240 e. The van der Waals surface area contributed by atoms with Crippen molar-refractivity contribution in [2.75, 3.05) is 13.6 Å². The van der Waals surface area contributed by atoms with E-state index in [9.17, 15) is 13.2 Å². The minimum Gasteiger partial charge on any atom is -0.341 e. The lowest BCUT2D eigenvalue weighted by atomic mass is 10.2. The van der Waals surface area contributed by atoms with Crippen molar-refractivity contribution in [3.05, 3.63) is 64.1 Å². The molecule has 0 aromatic heterocycles. The SMILES string of the molecule is CN(Cc1ccccc1Cl)C(=O)CCNS(=O)(=O)c1ccc(Cl)cc1. The third-order valence-electron chi connectivity index (χ3n) is 3.55. The van der Waals surface area contributed by atoms with Crippen molar-refractivity contribution in [1.29, 1.82) is 0 Å². The number of hydrogen-bond acceptors (Lipinski definition) is 3. The number of carbonyl (C=O) groups is 1. The van der Waals surface area contributed by atoms with Crippen LogP contribution in [-0.4, -0.2) is 32.8 Å². The van der Waals surface area contributed by atoms with Gasteiger partial charge in [-0.25, -0.2) is 13.1 Å². The number of nitrogens with one attached hydrogen (secondary N) is 1. The Morgan fingerprint density at radius 2 is 1.72 bits per heavy atom. The molecule has 134 valence electrons. The van der Waals surface area contributed by atoms with E-state index in [1.807, 2.05) is 18.2 Å². The first kappa shape index (κ1) is 19.7. The van der Waals surface area contributed by atoms with E-state index < -0.39 is 10.0 Å². The fourth-order valence-corrected chi connectivity index (χ4v) is 3.50. The van der Waals surface area contributed by atoms with Gasteiger partial charge in [0.25, 0.3) is 0 Å². The van der Waals surface area contributed by atoms with Gasteiger partial charge in [-0.2, -0.15) is 0 Å². The lowest BCUT2D eigenvalue weighted by Crippen LogP contribution is -2.32. The Morgan fingerprint density at radius 1 is 1.08 bits per heavy atom. The minimum absolute atomic E-state index is 0.0106. The molecule has 0 saturated heterocycles. The van der Waals surface area contributed by atoms with Crippen molar-refractivity contribution in [3.8, 4) is 0 Å². The third kappa shape index (κ3) is 5.71. The maximum absolute atomic E-state index is 12.2. The largest absolute Gasteiger partial charge is 0.341 e. The highest BCUT2D eigenvalue weighted by molar-refractivity contribution is 7.89. The van der Waals surface area contributed by atoms with Crippen molar-refractivity contribution >= 4 is 39.1 Å². The average Bonchev–Trinajstić information content (AvgIpc) is 2.57. The number of benzene rings is 2. The lowest BCUT2D eigenvalue weighted by molar-refractivity contribution is -0.130. The van der Waals surface area contributed by atoms with Crippen LogP contribution in [0.1, 0.15) is 12.0 Å². The Bertz CT molecular complexity index is 839. The van der Waals surface area contributed by atoms with E-state index in [1.54, 1.807) is 13.1 Å². The van der Waals surface area contributed by atoms with Crippen molar-refractivity contribution in [2.45, 2.75) is 17.9 Å². The van der Waals surface area contributed by atoms with Crippen molar-refractivity contribution in [1.82, 2.24) is 9.62 Å². The second-order valence-electron chi connectivity index (χ2n) is 5.44.